The van der Waals surface area contributed by atoms with E-state index in [1.54, 1.807) is 0 Å². The number of β-amino-alcohol motifs (C(OH)–C–C–N with tert-alkyl or cyclic N) is 2. The quantitative estimate of drug-likeness (QED) is 0.414. The lowest BCUT2D eigenvalue weighted by molar-refractivity contribution is 0.0572. The van der Waals surface area contributed by atoms with Crippen molar-refractivity contribution in [3.05, 3.63) is 22.8 Å². The molecule has 2 heterocycles. The van der Waals surface area contributed by atoms with Gasteiger partial charge in [-0.05, 0) is 6.07 Å². The van der Waals surface area contributed by atoms with E-state index in [0.29, 0.717) is 0 Å². The predicted octanol–water partition coefficient (Wildman–Crippen LogP) is -0.802. The van der Waals surface area contributed by atoms with Gasteiger partial charge in [-0.15, -0.1) is 0 Å². The van der Waals surface area contributed by atoms with Crippen LogP contribution in [-0.4, -0.2) is 51.3 Å². The van der Waals surface area contributed by atoms with Crippen molar-refractivity contribution < 1.29 is 15.0 Å². The zero-order valence-electron chi connectivity index (χ0n) is 9.38. The molecule has 1 amide bonds. The summed E-state index contributed by atoms with van der Waals surface area (Å²) < 4.78 is 0. The number of pyridine rings is 1. The van der Waals surface area contributed by atoms with Gasteiger partial charge in [-0.1, -0.05) is 11.6 Å². The monoisotopic (exact) mass is 272 g/mol. The number of hydrogen-bond acceptors (Lipinski definition) is 6. The van der Waals surface area contributed by atoms with E-state index in [1.165, 1.54) is 17.2 Å². The van der Waals surface area contributed by atoms with Crippen molar-refractivity contribution >= 4 is 23.3 Å². The molecule has 7 nitrogen and oxygen atoms in total. The third-order valence-corrected chi connectivity index (χ3v) is 3.06. The van der Waals surface area contributed by atoms with Gasteiger partial charge in [0.15, 0.2) is 5.82 Å². The van der Waals surface area contributed by atoms with E-state index in [4.69, 9.17) is 17.4 Å². The molecule has 1 aromatic rings. The second-order valence-corrected chi connectivity index (χ2v) is 4.45. The highest BCUT2D eigenvalue weighted by Crippen LogP contribution is 2.21. The Morgan fingerprint density at radius 1 is 1.50 bits per heavy atom. The van der Waals surface area contributed by atoms with Crippen molar-refractivity contribution in [3.8, 4) is 0 Å². The Morgan fingerprint density at radius 3 is 2.61 bits per heavy atom. The summed E-state index contributed by atoms with van der Waals surface area (Å²) in [5.41, 5.74) is 2.58. The first-order valence-corrected chi connectivity index (χ1v) is 5.68. The highest BCUT2D eigenvalue weighted by atomic mass is 35.5. The number of amides is 1. The number of nitrogens with one attached hydrogen (secondary N) is 1. The molecule has 1 fully saturated rings. The first-order chi connectivity index (χ1) is 8.52. The highest BCUT2D eigenvalue weighted by molar-refractivity contribution is 6.33. The largest absolute Gasteiger partial charge is 0.388 e. The van der Waals surface area contributed by atoms with Crippen LogP contribution in [0.3, 0.4) is 0 Å². The molecule has 0 saturated carbocycles. The van der Waals surface area contributed by atoms with Crippen molar-refractivity contribution in [2.45, 2.75) is 12.2 Å². The Bertz CT molecular complexity index is 460. The van der Waals surface area contributed by atoms with Crippen molar-refractivity contribution in [1.82, 2.24) is 9.88 Å². The predicted molar refractivity (Wildman–Crippen MR) is 65.0 cm³/mol. The fourth-order valence-corrected chi connectivity index (χ4v) is 2.00. The Hall–Kier alpha value is -1.41. The van der Waals surface area contributed by atoms with Gasteiger partial charge in [-0.2, -0.15) is 0 Å². The van der Waals surface area contributed by atoms with E-state index in [-0.39, 0.29) is 35.4 Å². The van der Waals surface area contributed by atoms with E-state index in [0.717, 1.165) is 0 Å². The lowest BCUT2D eigenvalue weighted by atomic mass is 10.2. The first kappa shape index (κ1) is 13.0. The van der Waals surface area contributed by atoms with Gasteiger partial charge in [0, 0.05) is 19.3 Å². The lowest BCUT2D eigenvalue weighted by Gasteiger charge is -2.15. The third kappa shape index (κ3) is 2.39. The summed E-state index contributed by atoms with van der Waals surface area (Å²) >= 11 is 5.86. The fraction of sp³-hybridized carbons (Fsp3) is 0.400. The van der Waals surface area contributed by atoms with Gasteiger partial charge >= 0.3 is 0 Å². The Kier molecular flexibility index (Phi) is 3.67. The van der Waals surface area contributed by atoms with Crippen LogP contribution in [0.5, 0.6) is 0 Å². The number of hydrazine groups is 1. The number of likely N-dealkylation sites (tertiary alicyclic amines) is 1. The number of aliphatic hydroxyl groups is 2. The number of hydrogen-bond donors (Lipinski definition) is 4. The Balaban J connectivity index is 2.17. The molecular formula is C10H13ClN4O3. The molecule has 2 rings (SSSR count). The van der Waals surface area contributed by atoms with E-state index in [2.05, 4.69) is 10.4 Å². The van der Waals surface area contributed by atoms with Crippen LogP contribution < -0.4 is 11.3 Å². The van der Waals surface area contributed by atoms with Crippen molar-refractivity contribution in [1.29, 1.82) is 0 Å². The molecule has 0 spiro atoms. The third-order valence-electron chi connectivity index (χ3n) is 2.77. The number of nitrogens with zero attached hydrogens (tertiary/aromatic N) is 2. The second-order valence-electron chi connectivity index (χ2n) is 4.04. The van der Waals surface area contributed by atoms with E-state index >= 15 is 0 Å². The first-order valence-electron chi connectivity index (χ1n) is 5.30. The minimum atomic E-state index is -0.914. The van der Waals surface area contributed by atoms with Gasteiger partial charge in [0.25, 0.3) is 5.91 Å². The summed E-state index contributed by atoms with van der Waals surface area (Å²) in [5, 5.41) is 19.0. The molecule has 0 aliphatic carbocycles. The van der Waals surface area contributed by atoms with E-state index < -0.39 is 12.2 Å². The standard InChI is InChI=1S/C10H13ClN4O3/c11-6-1-5(2-13-9(6)14-12)10(18)15-3-7(16)8(17)4-15/h1-2,7-8,16-17H,3-4,12H2,(H,13,14). The van der Waals surface area contributed by atoms with Gasteiger partial charge in [0.2, 0.25) is 0 Å². The van der Waals surface area contributed by atoms with Crippen LogP contribution >= 0.6 is 11.6 Å². The van der Waals surface area contributed by atoms with Gasteiger partial charge in [0.05, 0.1) is 22.8 Å². The van der Waals surface area contributed by atoms with Crippen molar-refractivity contribution in [3.63, 3.8) is 0 Å². The zero-order valence-corrected chi connectivity index (χ0v) is 10.1. The minimum absolute atomic E-state index is 0.0918. The topological polar surface area (TPSA) is 112 Å². The smallest absolute Gasteiger partial charge is 0.255 e. The molecule has 8 heteroatoms. The van der Waals surface area contributed by atoms with Crippen LogP contribution in [0.2, 0.25) is 5.02 Å². The lowest BCUT2D eigenvalue weighted by Crippen LogP contribution is -2.30. The minimum Gasteiger partial charge on any atom is -0.388 e. The Morgan fingerprint density at radius 2 is 2.11 bits per heavy atom. The number of nitrogens with two attached hydrogens (primary N) is 1. The number of carbonyl (C=O) groups is 1. The molecule has 2 atom stereocenters. The molecule has 1 aromatic heterocycles. The molecule has 0 bridgehead atoms. The number of aromatic nitrogens is 1. The van der Waals surface area contributed by atoms with E-state index in [1.807, 2.05) is 0 Å². The van der Waals surface area contributed by atoms with Crippen LogP contribution in [-0.2, 0) is 0 Å². The molecular weight excluding hydrogens is 260 g/mol. The van der Waals surface area contributed by atoms with Gasteiger partial charge < -0.3 is 20.5 Å². The van der Waals surface area contributed by atoms with Crippen molar-refractivity contribution in [2.75, 3.05) is 18.5 Å². The number of halogens is 1. The molecule has 1 saturated heterocycles. The summed E-state index contributed by atoms with van der Waals surface area (Å²) in [6.45, 7) is 0.184. The Labute approximate surface area is 108 Å². The number of rotatable bonds is 2. The van der Waals surface area contributed by atoms with Crippen LogP contribution in [0.25, 0.3) is 0 Å². The summed E-state index contributed by atoms with van der Waals surface area (Å²) in [6, 6.07) is 1.43. The highest BCUT2D eigenvalue weighted by Gasteiger charge is 2.33. The van der Waals surface area contributed by atoms with Crippen LogP contribution in [0.15, 0.2) is 12.3 Å². The molecule has 98 valence electrons. The molecule has 5 N–H and O–H groups in total. The van der Waals surface area contributed by atoms with Crippen molar-refractivity contribution in [2.24, 2.45) is 5.84 Å². The maximum atomic E-state index is 12.0. The second kappa shape index (κ2) is 5.07. The molecule has 2 unspecified atom stereocenters. The maximum Gasteiger partial charge on any atom is 0.255 e. The van der Waals surface area contributed by atoms with Crippen LogP contribution in [0.1, 0.15) is 10.4 Å². The number of nitrogen functional groups attached to an aromatic ring is 1. The number of aliphatic hydroxyl groups excluding tert-OH is 2. The van der Waals surface area contributed by atoms with E-state index in [9.17, 15) is 15.0 Å². The fourth-order valence-electron chi connectivity index (χ4n) is 1.78. The molecule has 1 aliphatic heterocycles. The molecule has 0 radical (unpaired) electrons. The summed E-state index contributed by atoms with van der Waals surface area (Å²) in [5.74, 6) is 5.11. The van der Waals surface area contributed by atoms with Crippen LogP contribution in [0, 0.1) is 0 Å². The average molecular weight is 273 g/mol. The average Bonchev–Trinajstić information content (AvgIpc) is 2.68. The van der Waals surface area contributed by atoms with Gasteiger partial charge in [-0.25, -0.2) is 10.8 Å². The summed E-state index contributed by atoms with van der Waals surface area (Å²) in [4.78, 5) is 17.3. The summed E-state index contributed by atoms with van der Waals surface area (Å²) in [7, 11) is 0. The maximum absolute atomic E-state index is 12.0. The van der Waals surface area contributed by atoms with Gasteiger partial charge in [-0.3, -0.25) is 4.79 Å². The SMILES string of the molecule is NNc1ncc(C(=O)N2CC(O)C(O)C2)cc1Cl. The molecule has 0 aromatic carbocycles. The van der Waals surface area contributed by atoms with Gasteiger partial charge in [0.1, 0.15) is 0 Å². The zero-order chi connectivity index (χ0) is 13.3. The number of carbonyl (C=O) groups excluding carboxylic acids is 1. The molecule has 18 heavy (non-hydrogen) atoms. The molecule has 1 aliphatic rings. The number of anilines is 1. The normalized spacial score (nSPS) is 23.2. The summed E-state index contributed by atoms with van der Waals surface area (Å²) in [6.07, 6.45) is -0.495. The van der Waals surface area contributed by atoms with Crippen LogP contribution in [0.4, 0.5) is 5.82 Å².